The summed E-state index contributed by atoms with van der Waals surface area (Å²) in [7, 11) is 0. The Balaban J connectivity index is 1.62. The molecule has 6 rings (SSSR count). The molecule has 4 unspecified atom stereocenters. The molecule has 0 fully saturated rings. The highest BCUT2D eigenvalue weighted by Gasteiger charge is 2.49. The maximum Gasteiger partial charge on any atom is 0.304 e. The van der Waals surface area contributed by atoms with Crippen LogP contribution in [0.3, 0.4) is 0 Å². The maximum atomic E-state index is 13.5. The van der Waals surface area contributed by atoms with Gasteiger partial charge in [0.05, 0.1) is 11.1 Å². The molecule has 4 aromatic carbocycles. The predicted molar refractivity (Wildman–Crippen MR) is 146 cm³/mol. The number of benzene rings is 4. The number of hydrogen-bond donors (Lipinski definition) is 10. The lowest BCUT2D eigenvalue weighted by atomic mass is 9.89. The van der Waals surface area contributed by atoms with Gasteiger partial charge in [-0.15, -0.1) is 0 Å². The zero-order valence-electron chi connectivity index (χ0n) is 22.5. The molecule has 0 spiro atoms. The minimum atomic E-state index is -2.30. The van der Waals surface area contributed by atoms with Crippen LogP contribution < -0.4 is 14.2 Å². The summed E-state index contributed by atoms with van der Waals surface area (Å²) >= 11 is 0. The molecule has 0 saturated heterocycles. The van der Waals surface area contributed by atoms with E-state index in [4.69, 9.17) is 14.2 Å². The maximum absolute atomic E-state index is 13.5. The normalized spacial score (nSPS) is 21.0. The summed E-state index contributed by atoms with van der Waals surface area (Å²) in [5, 5.41) is 105. The van der Waals surface area contributed by atoms with Crippen molar-refractivity contribution < 1.29 is 70.1 Å². The zero-order valence-corrected chi connectivity index (χ0v) is 22.5. The van der Waals surface area contributed by atoms with Crippen molar-refractivity contribution in [1.82, 2.24) is 0 Å². The summed E-state index contributed by atoms with van der Waals surface area (Å²) in [5.41, 5.74) is -1.59. The number of carbonyl (C=O) groups excluding carboxylic acids is 1. The fourth-order valence-electron chi connectivity index (χ4n) is 5.35. The molecule has 0 amide bonds. The molecular formula is C30H24O14. The molecule has 4 atom stereocenters. The minimum absolute atomic E-state index is 0.0728. The highest BCUT2D eigenvalue weighted by atomic mass is 16.7. The van der Waals surface area contributed by atoms with E-state index in [1.165, 1.54) is 13.0 Å². The Bertz CT molecular complexity index is 1870. The van der Waals surface area contributed by atoms with Crippen molar-refractivity contribution >= 4 is 5.78 Å². The molecular weight excluding hydrogens is 584 g/mol. The van der Waals surface area contributed by atoms with Gasteiger partial charge in [-0.3, -0.25) is 4.79 Å². The molecule has 4 aromatic rings. The number of aromatic hydroxyl groups is 8. The van der Waals surface area contributed by atoms with Crippen molar-refractivity contribution in [2.24, 2.45) is 0 Å². The molecule has 14 heteroatoms. The van der Waals surface area contributed by atoms with Crippen LogP contribution in [-0.4, -0.2) is 69.1 Å². The Hall–Kier alpha value is -5.73. The van der Waals surface area contributed by atoms with Gasteiger partial charge >= 0.3 is 5.79 Å². The molecule has 2 heterocycles. The van der Waals surface area contributed by atoms with E-state index in [1.807, 2.05) is 0 Å². The van der Waals surface area contributed by atoms with E-state index in [0.717, 1.165) is 42.5 Å². The van der Waals surface area contributed by atoms with E-state index < -0.39 is 87.2 Å². The monoisotopic (exact) mass is 608 g/mol. The number of aliphatic hydroxyl groups is 2. The van der Waals surface area contributed by atoms with E-state index in [2.05, 4.69) is 0 Å². The number of phenolic OH excluding ortho intramolecular Hbond substituents is 8. The SMILES string of the molecule is CC(O)C1(c2ccc(O)c(O)c2)Oc2cc(O)cc(O)c2-c2c(cc3c(c2O)C(=O)C(O)C(c2ccc(O)c(O)c2O)O3)O1. The van der Waals surface area contributed by atoms with Gasteiger partial charge in [-0.25, -0.2) is 0 Å². The fraction of sp³-hybridized carbons (Fsp3) is 0.167. The summed E-state index contributed by atoms with van der Waals surface area (Å²) < 4.78 is 18.1. The van der Waals surface area contributed by atoms with Crippen LogP contribution in [0.15, 0.2) is 48.5 Å². The molecule has 228 valence electrons. The van der Waals surface area contributed by atoms with Crippen LogP contribution >= 0.6 is 0 Å². The van der Waals surface area contributed by atoms with Crippen molar-refractivity contribution in [3.05, 3.63) is 65.2 Å². The van der Waals surface area contributed by atoms with Crippen molar-refractivity contribution in [2.45, 2.75) is 31.0 Å². The summed E-state index contributed by atoms with van der Waals surface area (Å²) in [6.45, 7) is 1.25. The summed E-state index contributed by atoms with van der Waals surface area (Å²) in [6.07, 6.45) is -5.32. The standard InChI is InChI=1S/C30H24O14/c1-10(31)30(11-2-4-14(33)16(35)6-11)43-19-8-12(32)7-17(36)21(19)22-20(44-30)9-18-23(26(22)39)27(40)28(41)29(42-18)13-3-5-15(34)25(38)24(13)37/h2-10,28-29,31-39,41H,1H3. The first kappa shape index (κ1) is 28.4. The molecule has 2 aliphatic rings. The molecule has 0 aromatic heterocycles. The van der Waals surface area contributed by atoms with Crippen molar-refractivity contribution in [3.63, 3.8) is 0 Å². The number of ketones is 1. The van der Waals surface area contributed by atoms with Crippen molar-refractivity contribution in [3.8, 4) is 74.4 Å². The van der Waals surface area contributed by atoms with Crippen LogP contribution in [0.2, 0.25) is 0 Å². The summed E-state index contributed by atoms with van der Waals surface area (Å²) in [5.74, 6) is -10.1. The van der Waals surface area contributed by atoms with E-state index in [1.54, 1.807) is 0 Å². The lowest BCUT2D eigenvalue weighted by Crippen LogP contribution is -2.48. The molecule has 2 aliphatic heterocycles. The predicted octanol–water partition coefficient (Wildman–Crippen LogP) is 2.68. The van der Waals surface area contributed by atoms with Crippen LogP contribution in [0.4, 0.5) is 0 Å². The van der Waals surface area contributed by atoms with Gasteiger partial charge in [0, 0.05) is 29.3 Å². The molecule has 44 heavy (non-hydrogen) atoms. The number of ether oxygens (including phenoxy) is 3. The second-order valence-corrected chi connectivity index (χ2v) is 10.3. The average molecular weight is 609 g/mol. The van der Waals surface area contributed by atoms with Gasteiger partial charge in [-0.2, -0.15) is 0 Å². The van der Waals surface area contributed by atoms with Crippen LogP contribution in [0.1, 0.15) is 34.5 Å². The van der Waals surface area contributed by atoms with Gasteiger partial charge in [-0.05, 0) is 37.3 Å². The number of fused-ring (bicyclic) bond motifs is 4. The molecule has 0 bridgehead atoms. The van der Waals surface area contributed by atoms with E-state index >= 15 is 0 Å². The largest absolute Gasteiger partial charge is 0.508 e. The minimum Gasteiger partial charge on any atom is -0.508 e. The van der Waals surface area contributed by atoms with Crippen molar-refractivity contribution in [1.29, 1.82) is 0 Å². The average Bonchev–Trinajstić information content (AvgIpc) is 3.11. The Morgan fingerprint density at radius 2 is 1.34 bits per heavy atom. The van der Waals surface area contributed by atoms with Gasteiger partial charge in [0.15, 0.2) is 35.2 Å². The number of phenols is 8. The number of aliphatic hydroxyl groups excluding tert-OH is 2. The van der Waals surface area contributed by atoms with Gasteiger partial charge in [-0.1, -0.05) is 0 Å². The van der Waals surface area contributed by atoms with Gasteiger partial charge in [0.2, 0.25) is 11.5 Å². The Morgan fingerprint density at radius 3 is 2.00 bits per heavy atom. The van der Waals surface area contributed by atoms with Crippen LogP contribution in [0.5, 0.6) is 63.2 Å². The first-order valence-corrected chi connectivity index (χ1v) is 12.9. The summed E-state index contributed by atoms with van der Waals surface area (Å²) in [4.78, 5) is 13.5. The summed E-state index contributed by atoms with van der Waals surface area (Å²) in [6, 6.07) is 8.49. The number of carbonyl (C=O) groups is 1. The molecule has 14 nitrogen and oxygen atoms in total. The number of Topliss-reactive ketones (excluding diaryl/α,β-unsaturated/α-hetero) is 1. The van der Waals surface area contributed by atoms with Crippen molar-refractivity contribution in [2.75, 3.05) is 0 Å². The third-order valence-electron chi connectivity index (χ3n) is 7.52. The lowest BCUT2D eigenvalue weighted by molar-refractivity contribution is -0.187. The van der Waals surface area contributed by atoms with E-state index in [9.17, 15) is 55.9 Å². The van der Waals surface area contributed by atoms with Crippen LogP contribution in [0, 0.1) is 0 Å². The molecule has 0 radical (unpaired) electrons. The van der Waals surface area contributed by atoms with Gasteiger partial charge < -0.3 is 65.3 Å². The third-order valence-corrected chi connectivity index (χ3v) is 7.52. The Kier molecular flexibility index (Phi) is 6.23. The topological polar surface area (TPSA) is 247 Å². The van der Waals surface area contributed by atoms with Gasteiger partial charge in [0.25, 0.3) is 0 Å². The molecule has 10 N–H and O–H groups in total. The quantitative estimate of drug-likeness (QED) is 0.150. The van der Waals surface area contributed by atoms with Crippen LogP contribution in [-0.2, 0) is 5.79 Å². The Labute approximate surface area is 246 Å². The number of hydrogen-bond acceptors (Lipinski definition) is 14. The van der Waals surface area contributed by atoms with E-state index in [-0.39, 0.29) is 33.8 Å². The smallest absolute Gasteiger partial charge is 0.304 e. The third kappa shape index (κ3) is 4.00. The number of rotatable bonds is 3. The lowest BCUT2D eigenvalue weighted by Gasteiger charge is -2.36. The van der Waals surface area contributed by atoms with Crippen LogP contribution in [0.25, 0.3) is 11.1 Å². The van der Waals surface area contributed by atoms with Gasteiger partial charge in [0.1, 0.15) is 46.2 Å². The fourth-order valence-corrected chi connectivity index (χ4v) is 5.35. The molecule has 0 aliphatic carbocycles. The zero-order chi connectivity index (χ0) is 31.8. The molecule has 0 saturated carbocycles. The Morgan fingerprint density at radius 1 is 0.682 bits per heavy atom. The highest BCUT2D eigenvalue weighted by Crippen LogP contribution is 2.58. The second-order valence-electron chi connectivity index (χ2n) is 10.3. The first-order valence-electron chi connectivity index (χ1n) is 12.9. The van der Waals surface area contributed by atoms with E-state index in [0.29, 0.717) is 0 Å². The highest BCUT2D eigenvalue weighted by molar-refractivity contribution is 6.08. The second kappa shape index (κ2) is 9.65. The first-order chi connectivity index (χ1) is 20.7.